The summed E-state index contributed by atoms with van der Waals surface area (Å²) in [6, 6.07) is 5.39. The zero-order chi connectivity index (χ0) is 17.5. The Kier molecular flexibility index (Phi) is 5.85. The second-order valence-electron chi connectivity index (χ2n) is 4.85. The number of benzene rings is 1. The predicted octanol–water partition coefficient (Wildman–Crippen LogP) is 1.57. The van der Waals surface area contributed by atoms with Gasteiger partial charge in [-0.15, -0.1) is 11.3 Å². The number of rotatable bonds is 6. The van der Waals surface area contributed by atoms with Crippen LogP contribution in [0.4, 0.5) is 15.2 Å². The second kappa shape index (κ2) is 8.06. The van der Waals surface area contributed by atoms with Gasteiger partial charge >= 0.3 is 0 Å². The van der Waals surface area contributed by atoms with E-state index in [0.717, 1.165) is 0 Å². The third-order valence-corrected chi connectivity index (χ3v) is 3.49. The van der Waals surface area contributed by atoms with Gasteiger partial charge in [-0.25, -0.2) is 9.37 Å². The number of hydrazine groups is 1. The predicted molar refractivity (Wildman–Crippen MR) is 90.3 cm³/mol. The summed E-state index contributed by atoms with van der Waals surface area (Å²) in [4.78, 5) is 27.5. The number of aromatic nitrogens is 1. The molecular weight excluding hydrogens is 333 g/mol. The molecule has 0 spiro atoms. The molecule has 0 bridgehead atoms. The number of carbonyl (C=O) groups is 2. The topological polar surface area (TPSA) is 109 Å². The van der Waals surface area contributed by atoms with E-state index in [1.807, 2.05) is 0 Å². The van der Waals surface area contributed by atoms with Gasteiger partial charge in [-0.05, 0) is 31.2 Å². The van der Waals surface area contributed by atoms with Crippen LogP contribution in [0.5, 0.6) is 0 Å². The van der Waals surface area contributed by atoms with Crippen LogP contribution in [-0.4, -0.2) is 16.8 Å². The molecule has 1 heterocycles. The van der Waals surface area contributed by atoms with Crippen LogP contribution in [0.2, 0.25) is 0 Å². The number of hydrogen-bond donors (Lipinski definition) is 4. The van der Waals surface area contributed by atoms with E-state index in [-0.39, 0.29) is 18.1 Å². The molecule has 9 heteroatoms. The number of allylic oxidation sites excluding steroid dienone is 1. The quantitative estimate of drug-likeness (QED) is 0.467. The first kappa shape index (κ1) is 17.4. The van der Waals surface area contributed by atoms with Crippen molar-refractivity contribution < 1.29 is 14.0 Å². The lowest BCUT2D eigenvalue weighted by Crippen LogP contribution is -2.37. The van der Waals surface area contributed by atoms with Crippen molar-refractivity contribution >= 4 is 34.0 Å². The van der Waals surface area contributed by atoms with Crippen LogP contribution in [0.25, 0.3) is 0 Å². The molecule has 0 saturated heterocycles. The fourth-order valence-electron chi connectivity index (χ4n) is 1.73. The number of hydrogen-bond acceptors (Lipinski definition) is 6. The number of anilines is 2. The standard InChI is InChI=1S/C15H16FN5O2S/c1-9(6-13(22)18-11-4-2-10(16)3-5-11)20-21-14(23)7-12-8-24-15(17)19-12/h2-6,8,20H,7H2,1H3,(H2,17,19)(H,18,22)(H,21,23). The third-order valence-electron chi connectivity index (χ3n) is 2.77. The van der Waals surface area contributed by atoms with E-state index >= 15 is 0 Å². The summed E-state index contributed by atoms with van der Waals surface area (Å²) in [7, 11) is 0. The van der Waals surface area contributed by atoms with E-state index in [1.54, 1.807) is 12.3 Å². The highest BCUT2D eigenvalue weighted by molar-refractivity contribution is 7.13. The minimum Gasteiger partial charge on any atom is -0.375 e. The van der Waals surface area contributed by atoms with Gasteiger partial charge < -0.3 is 16.5 Å². The molecule has 24 heavy (non-hydrogen) atoms. The molecule has 0 atom stereocenters. The Labute approximate surface area is 141 Å². The second-order valence-corrected chi connectivity index (χ2v) is 5.74. The van der Waals surface area contributed by atoms with Crippen LogP contribution in [0.1, 0.15) is 12.6 Å². The van der Waals surface area contributed by atoms with Crippen LogP contribution < -0.4 is 21.9 Å². The molecule has 0 aliphatic heterocycles. The summed E-state index contributed by atoms with van der Waals surface area (Å²) < 4.78 is 12.8. The number of nitrogens with zero attached hydrogens (tertiary/aromatic N) is 1. The molecule has 0 aliphatic rings. The number of carbonyl (C=O) groups excluding carboxylic acids is 2. The van der Waals surface area contributed by atoms with Gasteiger partial charge in [-0.2, -0.15) is 0 Å². The number of nitrogen functional groups attached to an aromatic ring is 1. The van der Waals surface area contributed by atoms with E-state index in [1.165, 1.54) is 41.7 Å². The van der Waals surface area contributed by atoms with Crippen molar-refractivity contribution in [2.75, 3.05) is 11.1 Å². The molecule has 7 nitrogen and oxygen atoms in total. The fraction of sp³-hybridized carbons (Fsp3) is 0.133. The molecule has 1 aromatic heterocycles. The molecule has 0 aliphatic carbocycles. The summed E-state index contributed by atoms with van der Waals surface area (Å²) >= 11 is 1.26. The van der Waals surface area contributed by atoms with Crippen molar-refractivity contribution in [1.29, 1.82) is 0 Å². The van der Waals surface area contributed by atoms with Gasteiger partial charge in [0.25, 0.3) is 0 Å². The minimum absolute atomic E-state index is 0.0791. The van der Waals surface area contributed by atoms with Gasteiger partial charge in [0, 0.05) is 22.8 Å². The van der Waals surface area contributed by atoms with E-state index < -0.39 is 5.91 Å². The molecule has 0 saturated carbocycles. The van der Waals surface area contributed by atoms with Crippen LogP contribution in [0.3, 0.4) is 0 Å². The lowest BCUT2D eigenvalue weighted by atomic mass is 10.3. The SMILES string of the molecule is CC(=CC(=O)Nc1ccc(F)cc1)NNC(=O)Cc1csc(N)n1. The zero-order valence-corrected chi connectivity index (χ0v) is 13.6. The lowest BCUT2D eigenvalue weighted by Gasteiger charge is -2.08. The largest absolute Gasteiger partial charge is 0.375 e. The van der Waals surface area contributed by atoms with E-state index in [9.17, 15) is 14.0 Å². The first-order valence-electron chi connectivity index (χ1n) is 6.92. The smallest absolute Gasteiger partial charge is 0.250 e. The Morgan fingerprint density at radius 1 is 1.29 bits per heavy atom. The molecule has 2 aromatic rings. The summed E-state index contributed by atoms with van der Waals surface area (Å²) in [5, 5.41) is 4.68. The van der Waals surface area contributed by atoms with Crippen molar-refractivity contribution in [2.24, 2.45) is 0 Å². The van der Waals surface area contributed by atoms with E-state index in [0.29, 0.717) is 22.2 Å². The summed E-state index contributed by atoms with van der Waals surface area (Å²) in [6.07, 6.45) is 1.35. The van der Waals surface area contributed by atoms with Crippen molar-refractivity contribution in [1.82, 2.24) is 15.8 Å². The Morgan fingerprint density at radius 2 is 2.00 bits per heavy atom. The average Bonchev–Trinajstić information content (AvgIpc) is 2.92. The Morgan fingerprint density at radius 3 is 2.62 bits per heavy atom. The zero-order valence-electron chi connectivity index (χ0n) is 12.8. The Bertz CT molecular complexity index is 757. The monoisotopic (exact) mass is 349 g/mol. The van der Waals surface area contributed by atoms with Crippen LogP contribution in [0.15, 0.2) is 41.4 Å². The van der Waals surface area contributed by atoms with Crippen LogP contribution >= 0.6 is 11.3 Å². The van der Waals surface area contributed by atoms with Gasteiger partial charge in [0.15, 0.2) is 5.13 Å². The molecule has 2 rings (SSSR count). The molecule has 0 unspecified atom stereocenters. The number of nitrogens with one attached hydrogen (secondary N) is 3. The Hall–Kier alpha value is -2.94. The maximum Gasteiger partial charge on any atom is 0.250 e. The highest BCUT2D eigenvalue weighted by atomic mass is 32.1. The van der Waals surface area contributed by atoms with Gasteiger partial charge in [0.1, 0.15) is 5.82 Å². The molecule has 1 aromatic carbocycles. The molecule has 2 amide bonds. The van der Waals surface area contributed by atoms with Crippen molar-refractivity contribution in [2.45, 2.75) is 13.3 Å². The van der Waals surface area contributed by atoms with Gasteiger partial charge in [0.05, 0.1) is 12.1 Å². The van der Waals surface area contributed by atoms with Gasteiger partial charge in [0.2, 0.25) is 11.8 Å². The van der Waals surface area contributed by atoms with Crippen LogP contribution in [0, 0.1) is 5.82 Å². The van der Waals surface area contributed by atoms with E-state index in [2.05, 4.69) is 21.2 Å². The maximum absolute atomic E-state index is 12.8. The normalized spacial score (nSPS) is 11.0. The van der Waals surface area contributed by atoms with Gasteiger partial charge in [-0.3, -0.25) is 15.0 Å². The molecule has 0 radical (unpaired) electrons. The number of amides is 2. The highest BCUT2D eigenvalue weighted by Crippen LogP contribution is 2.11. The van der Waals surface area contributed by atoms with E-state index in [4.69, 9.17) is 5.73 Å². The summed E-state index contributed by atoms with van der Waals surface area (Å²) in [5.41, 5.74) is 12.0. The lowest BCUT2D eigenvalue weighted by molar-refractivity contribution is -0.121. The van der Waals surface area contributed by atoms with Crippen molar-refractivity contribution in [3.8, 4) is 0 Å². The van der Waals surface area contributed by atoms with Crippen molar-refractivity contribution in [3.05, 3.63) is 52.9 Å². The molecule has 5 N–H and O–H groups in total. The average molecular weight is 349 g/mol. The molecular formula is C15H16FN5O2S. The van der Waals surface area contributed by atoms with Gasteiger partial charge in [-0.1, -0.05) is 0 Å². The van der Waals surface area contributed by atoms with Crippen molar-refractivity contribution in [3.63, 3.8) is 0 Å². The third kappa shape index (κ3) is 5.69. The van der Waals surface area contributed by atoms with Crippen LogP contribution in [-0.2, 0) is 16.0 Å². The summed E-state index contributed by atoms with van der Waals surface area (Å²) in [6.45, 7) is 1.62. The number of thiazole rings is 1. The fourth-order valence-corrected chi connectivity index (χ4v) is 2.29. The Balaban J connectivity index is 1.79. The molecule has 126 valence electrons. The summed E-state index contributed by atoms with van der Waals surface area (Å²) in [5.74, 6) is -1.11. The first-order chi connectivity index (χ1) is 11.4. The first-order valence-corrected chi connectivity index (χ1v) is 7.80. The highest BCUT2D eigenvalue weighted by Gasteiger charge is 2.06. The number of nitrogens with two attached hydrogens (primary N) is 1. The minimum atomic E-state index is -0.409. The number of halogens is 1. The maximum atomic E-state index is 12.8. The molecule has 0 fully saturated rings.